The van der Waals surface area contributed by atoms with Crippen molar-refractivity contribution in [3.63, 3.8) is 0 Å². The molecule has 1 atom stereocenters. The van der Waals surface area contributed by atoms with Gasteiger partial charge in [0.2, 0.25) is 10.0 Å². The molecule has 166 valence electrons. The van der Waals surface area contributed by atoms with Crippen molar-refractivity contribution in [2.75, 3.05) is 29.7 Å². The molecule has 2 saturated heterocycles. The molecular formula is C22H28N4O4S. The summed E-state index contributed by atoms with van der Waals surface area (Å²) in [7, 11) is -3.27. The number of amides is 1. The van der Waals surface area contributed by atoms with Gasteiger partial charge in [-0.2, -0.15) is 0 Å². The summed E-state index contributed by atoms with van der Waals surface area (Å²) in [5, 5.41) is 9.66. The number of piperidine rings is 1. The predicted molar refractivity (Wildman–Crippen MR) is 117 cm³/mol. The van der Waals surface area contributed by atoms with E-state index in [1.165, 1.54) is 4.31 Å². The standard InChI is InChI=1S/C22H28N4O4S/c1-16-23-13-19(15-27)21(24-16)18-5-4-10-25(14-18)22(28)17-6-8-20(9-7-17)26-11-2-3-12-31(26,29)30/h6-9,13,18,27H,2-5,10-12,14-15H2,1H3. The van der Waals surface area contributed by atoms with Gasteiger partial charge < -0.3 is 10.0 Å². The Bertz CT molecular complexity index is 1060. The van der Waals surface area contributed by atoms with E-state index in [1.807, 2.05) is 11.8 Å². The highest BCUT2D eigenvalue weighted by Crippen LogP contribution is 2.29. The number of hydrogen-bond acceptors (Lipinski definition) is 6. The molecule has 4 rings (SSSR count). The number of nitrogens with zero attached hydrogens (tertiary/aromatic N) is 4. The quantitative estimate of drug-likeness (QED) is 0.776. The van der Waals surface area contributed by atoms with Crippen LogP contribution in [0.15, 0.2) is 30.5 Å². The summed E-state index contributed by atoms with van der Waals surface area (Å²) in [6.07, 6.45) is 4.95. The summed E-state index contributed by atoms with van der Waals surface area (Å²) < 4.78 is 26.1. The minimum absolute atomic E-state index is 0.0549. The fourth-order valence-corrected chi connectivity index (χ4v) is 6.04. The first kappa shape index (κ1) is 21.7. The fourth-order valence-electron chi connectivity index (χ4n) is 4.40. The Morgan fingerprint density at radius 2 is 1.94 bits per heavy atom. The van der Waals surface area contributed by atoms with Gasteiger partial charge in [-0.1, -0.05) is 0 Å². The summed E-state index contributed by atoms with van der Waals surface area (Å²) in [6, 6.07) is 6.85. The van der Waals surface area contributed by atoms with E-state index < -0.39 is 10.0 Å². The summed E-state index contributed by atoms with van der Waals surface area (Å²) in [4.78, 5) is 23.6. The van der Waals surface area contributed by atoms with Crippen LogP contribution in [0.25, 0.3) is 0 Å². The zero-order valence-corrected chi connectivity index (χ0v) is 18.5. The van der Waals surface area contributed by atoms with Crippen LogP contribution in [0.4, 0.5) is 5.69 Å². The second-order valence-corrected chi connectivity index (χ2v) is 10.2. The number of carbonyl (C=O) groups excluding carboxylic acids is 1. The number of sulfonamides is 1. The van der Waals surface area contributed by atoms with E-state index in [0.29, 0.717) is 48.7 Å². The van der Waals surface area contributed by atoms with Gasteiger partial charge in [0.1, 0.15) is 5.82 Å². The number of benzene rings is 1. The van der Waals surface area contributed by atoms with Crippen molar-refractivity contribution >= 4 is 21.6 Å². The second-order valence-electron chi connectivity index (χ2n) is 8.22. The van der Waals surface area contributed by atoms with Crippen LogP contribution in [0, 0.1) is 6.92 Å². The lowest BCUT2D eigenvalue weighted by Crippen LogP contribution is -2.40. The van der Waals surface area contributed by atoms with Crippen molar-refractivity contribution in [2.45, 2.75) is 45.1 Å². The first-order chi connectivity index (χ1) is 14.9. The Kier molecular flexibility index (Phi) is 6.24. The van der Waals surface area contributed by atoms with Gasteiger partial charge in [0, 0.05) is 42.9 Å². The van der Waals surface area contributed by atoms with Gasteiger partial charge in [0.15, 0.2) is 0 Å². The molecule has 31 heavy (non-hydrogen) atoms. The number of hydrogen-bond donors (Lipinski definition) is 1. The topological polar surface area (TPSA) is 104 Å². The zero-order chi connectivity index (χ0) is 22.0. The van der Waals surface area contributed by atoms with Gasteiger partial charge in [-0.15, -0.1) is 0 Å². The van der Waals surface area contributed by atoms with Crippen molar-refractivity contribution in [1.82, 2.24) is 14.9 Å². The molecule has 2 aliphatic heterocycles. The normalized spacial score (nSPS) is 21.2. The summed E-state index contributed by atoms with van der Waals surface area (Å²) in [6.45, 7) is 3.37. The number of rotatable bonds is 4. The third-order valence-electron chi connectivity index (χ3n) is 6.04. The fraction of sp³-hybridized carbons (Fsp3) is 0.500. The molecule has 1 aromatic carbocycles. The molecule has 0 radical (unpaired) electrons. The highest BCUT2D eigenvalue weighted by Gasteiger charge is 2.29. The smallest absolute Gasteiger partial charge is 0.253 e. The predicted octanol–water partition coefficient (Wildman–Crippen LogP) is 2.23. The maximum absolute atomic E-state index is 13.1. The average molecular weight is 445 g/mol. The Morgan fingerprint density at radius 1 is 1.16 bits per heavy atom. The van der Waals surface area contributed by atoms with Gasteiger partial charge in [-0.3, -0.25) is 9.10 Å². The van der Waals surface area contributed by atoms with E-state index in [0.717, 1.165) is 25.0 Å². The Hall–Kier alpha value is -2.52. The molecule has 0 aliphatic carbocycles. The van der Waals surface area contributed by atoms with E-state index in [-0.39, 0.29) is 24.2 Å². The van der Waals surface area contributed by atoms with Gasteiger partial charge in [0.05, 0.1) is 23.7 Å². The lowest BCUT2D eigenvalue weighted by Gasteiger charge is -2.33. The molecular weight excluding hydrogens is 416 g/mol. The summed E-state index contributed by atoms with van der Waals surface area (Å²) in [5.41, 5.74) is 2.67. The van der Waals surface area contributed by atoms with Crippen LogP contribution in [0.2, 0.25) is 0 Å². The number of carbonyl (C=O) groups is 1. The summed E-state index contributed by atoms with van der Waals surface area (Å²) >= 11 is 0. The van der Waals surface area contributed by atoms with Gasteiger partial charge >= 0.3 is 0 Å². The number of aliphatic hydroxyl groups is 1. The molecule has 0 saturated carbocycles. The molecule has 2 fully saturated rings. The molecule has 9 heteroatoms. The van der Waals surface area contributed by atoms with E-state index in [1.54, 1.807) is 30.5 Å². The molecule has 1 amide bonds. The van der Waals surface area contributed by atoms with Crippen LogP contribution >= 0.6 is 0 Å². The molecule has 1 N–H and O–H groups in total. The van der Waals surface area contributed by atoms with Gasteiger partial charge in [0.25, 0.3) is 5.91 Å². The largest absolute Gasteiger partial charge is 0.392 e. The molecule has 1 aromatic heterocycles. The Balaban J connectivity index is 1.50. The number of likely N-dealkylation sites (tertiary alicyclic amines) is 1. The van der Waals surface area contributed by atoms with Crippen LogP contribution in [0.1, 0.15) is 59.0 Å². The van der Waals surface area contributed by atoms with E-state index in [2.05, 4.69) is 9.97 Å². The molecule has 0 bridgehead atoms. The minimum atomic E-state index is -3.27. The monoisotopic (exact) mass is 444 g/mol. The Morgan fingerprint density at radius 3 is 2.65 bits per heavy atom. The zero-order valence-electron chi connectivity index (χ0n) is 17.7. The van der Waals surface area contributed by atoms with Crippen molar-refractivity contribution in [3.05, 3.63) is 53.1 Å². The molecule has 2 aromatic rings. The van der Waals surface area contributed by atoms with Crippen LogP contribution < -0.4 is 4.31 Å². The van der Waals surface area contributed by atoms with E-state index in [9.17, 15) is 18.3 Å². The molecule has 0 spiro atoms. The number of aryl methyl sites for hydroxylation is 1. The highest BCUT2D eigenvalue weighted by molar-refractivity contribution is 7.92. The van der Waals surface area contributed by atoms with Crippen LogP contribution in [0.5, 0.6) is 0 Å². The lowest BCUT2D eigenvalue weighted by molar-refractivity contribution is 0.0705. The number of anilines is 1. The number of aromatic nitrogens is 2. The third kappa shape index (κ3) is 4.57. The van der Waals surface area contributed by atoms with Crippen molar-refractivity contribution in [2.24, 2.45) is 0 Å². The lowest BCUT2D eigenvalue weighted by atomic mass is 9.91. The molecule has 1 unspecified atom stereocenters. The third-order valence-corrected chi connectivity index (χ3v) is 7.91. The second kappa shape index (κ2) is 8.92. The maximum Gasteiger partial charge on any atom is 0.253 e. The summed E-state index contributed by atoms with van der Waals surface area (Å²) in [5.74, 6) is 0.800. The first-order valence-electron chi connectivity index (χ1n) is 10.7. The van der Waals surface area contributed by atoms with Crippen molar-refractivity contribution in [1.29, 1.82) is 0 Å². The van der Waals surface area contributed by atoms with Crippen LogP contribution in [-0.2, 0) is 16.6 Å². The van der Waals surface area contributed by atoms with Crippen LogP contribution in [0.3, 0.4) is 0 Å². The SMILES string of the molecule is Cc1ncc(CO)c(C2CCCN(C(=O)c3ccc(N4CCCCS4(=O)=O)cc3)C2)n1. The van der Waals surface area contributed by atoms with Gasteiger partial charge in [-0.05, 0) is 56.9 Å². The first-order valence-corrected chi connectivity index (χ1v) is 12.3. The maximum atomic E-state index is 13.1. The molecule has 3 heterocycles. The molecule has 8 nitrogen and oxygen atoms in total. The number of aliphatic hydroxyl groups excluding tert-OH is 1. The highest BCUT2D eigenvalue weighted by atomic mass is 32.2. The van der Waals surface area contributed by atoms with Gasteiger partial charge in [-0.25, -0.2) is 18.4 Å². The molecule has 2 aliphatic rings. The Labute approximate surface area is 183 Å². The van der Waals surface area contributed by atoms with E-state index in [4.69, 9.17) is 0 Å². The minimum Gasteiger partial charge on any atom is -0.392 e. The van der Waals surface area contributed by atoms with Crippen molar-refractivity contribution < 1.29 is 18.3 Å². The van der Waals surface area contributed by atoms with E-state index >= 15 is 0 Å². The van der Waals surface area contributed by atoms with Crippen LogP contribution in [-0.4, -0.2) is 59.7 Å². The average Bonchev–Trinajstić information content (AvgIpc) is 2.78. The van der Waals surface area contributed by atoms with Crippen molar-refractivity contribution in [3.8, 4) is 0 Å².